The van der Waals surface area contributed by atoms with E-state index in [9.17, 15) is 56.3 Å². The highest BCUT2D eigenvalue weighted by molar-refractivity contribution is 8.05. The largest absolute Gasteiger partial charge is 0.460 e. The van der Waals surface area contributed by atoms with Crippen molar-refractivity contribution in [2.75, 3.05) is 5.88 Å². The number of nitrogens with one attached hydrogen (secondary N) is 2. The fraction of sp³-hybridized carbons (Fsp3) is 1.00. The van der Waals surface area contributed by atoms with Crippen molar-refractivity contribution in [1.29, 1.82) is 0 Å². The standard InChI is InChI=1S/C15H19F9N2O4S2/c16-12(17,14(20,21)22)13(18,19)15(23,24)32(29,30)26-31(27,28)7-25-11-4-8-1-9(5-11)3-10(2-8)6-11/h8-10,25-26H,1-7H2. The lowest BCUT2D eigenvalue weighted by Gasteiger charge is -2.57. The summed E-state index contributed by atoms with van der Waals surface area (Å²) in [5.74, 6) is -15.5. The van der Waals surface area contributed by atoms with E-state index >= 15 is 0 Å². The summed E-state index contributed by atoms with van der Waals surface area (Å²) in [7, 11) is -12.6. The van der Waals surface area contributed by atoms with E-state index in [0.717, 1.165) is 19.3 Å². The highest BCUT2D eigenvalue weighted by atomic mass is 32.3. The zero-order valence-electron chi connectivity index (χ0n) is 16.0. The third kappa shape index (κ3) is 4.10. The van der Waals surface area contributed by atoms with Crippen molar-refractivity contribution in [1.82, 2.24) is 9.44 Å². The van der Waals surface area contributed by atoms with Crippen LogP contribution in [-0.4, -0.2) is 51.5 Å². The highest BCUT2D eigenvalue weighted by Crippen LogP contribution is 2.56. The smallest absolute Gasteiger partial charge is 0.297 e. The third-order valence-electron chi connectivity index (χ3n) is 6.37. The van der Waals surface area contributed by atoms with Crippen LogP contribution in [-0.2, 0) is 20.0 Å². The molecule has 0 aromatic carbocycles. The average Bonchev–Trinajstić information content (AvgIpc) is 2.56. The predicted molar refractivity (Wildman–Crippen MR) is 90.8 cm³/mol. The van der Waals surface area contributed by atoms with E-state index in [2.05, 4.69) is 5.32 Å². The maximum Gasteiger partial charge on any atom is 0.460 e. The predicted octanol–water partition coefficient (Wildman–Crippen LogP) is 3.18. The first-order chi connectivity index (χ1) is 14.1. The molecule has 0 aromatic rings. The number of hydrogen-bond donors (Lipinski definition) is 2. The molecule has 4 rings (SSSR count). The Kier molecular flexibility index (Phi) is 5.92. The van der Waals surface area contributed by atoms with Crippen molar-refractivity contribution in [3.8, 4) is 0 Å². The van der Waals surface area contributed by atoms with Crippen molar-refractivity contribution in [3.05, 3.63) is 0 Å². The molecular weight excluding hydrogens is 507 g/mol. The quantitative estimate of drug-likeness (QED) is 0.474. The topological polar surface area (TPSA) is 92.3 Å². The Morgan fingerprint density at radius 2 is 1.12 bits per heavy atom. The molecule has 17 heteroatoms. The van der Waals surface area contributed by atoms with Gasteiger partial charge in [0.15, 0.2) is 0 Å². The van der Waals surface area contributed by atoms with Gasteiger partial charge in [0.25, 0.3) is 10.0 Å². The van der Waals surface area contributed by atoms with Gasteiger partial charge in [-0.15, -0.1) is 4.13 Å². The molecule has 0 aliphatic heterocycles. The molecule has 4 bridgehead atoms. The lowest BCUT2D eigenvalue weighted by Crippen LogP contribution is -2.65. The van der Waals surface area contributed by atoms with Gasteiger partial charge < -0.3 is 0 Å². The van der Waals surface area contributed by atoms with Gasteiger partial charge in [-0.05, 0) is 56.3 Å². The Bertz CT molecular complexity index is 929. The van der Waals surface area contributed by atoms with Crippen LogP contribution in [0.2, 0.25) is 0 Å². The molecule has 4 aliphatic rings. The van der Waals surface area contributed by atoms with Gasteiger partial charge in [0.1, 0.15) is 5.88 Å². The minimum absolute atomic E-state index is 0.186. The lowest BCUT2D eigenvalue weighted by molar-refractivity contribution is -0.382. The summed E-state index contributed by atoms with van der Waals surface area (Å²) >= 11 is 0. The van der Waals surface area contributed by atoms with Crippen LogP contribution in [0.1, 0.15) is 38.5 Å². The van der Waals surface area contributed by atoms with Crippen LogP contribution in [0.15, 0.2) is 0 Å². The summed E-state index contributed by atoms with van der Waals surface area (Å²) in [6, 6.07) is 0. The number of sulfonamides is 2. The molecule has 6 nitrogen and oxygen atoms in total. The van der Waals surface area contributed by atoms with Crippen LogP contribution in [0, 0.1) is 17.8 Å². The van der Waals surface area contributed by atoms with Gasteiger partial charge in [0.2, 0.25) is 10.0 Å². The molecule has 4 saturated carbocycles. The van der Waals surface area contributed by atoms with Crippen molar-refractivity contribution >= 4 is 20.0 Å². The van der Waals surface area contributed by atoms with Crippen LogP contribution < -0.4 is 9.44 Å². The van der Waals surface area contributed by atoms with Gasteiger partial charge in [-0.3, -0.25) is 5.32 Å². The zero-order valence-corrected chi connectivity index (χ0v) is 17.7. The van der Waals surface area contributed by atoms with Crippen molar-refractivity contribution < 1.29 is 56.3 Å². The molecule has 0 heterocycles. The molecule has 0 saturated heterocycles. The van der Waals surface area contributed by atoms with Crippen molar-refractivity contribution in [2.45, 2.75) is 67.3 Å². The van der Waals surface area contributed by atoms with Gasteiger partial charge in [0, 0.05) is 5.54 Å². The minimum Gasteiger partial charge on any atom is -0.297 e. The van der Waals surface area contributed by atoms with E-state index < -0.39 is 54.7 Å². The van der Waals surface area contributed by atoms with Crippen LogP contribution in [0.4, 0.5) is 39.5 Å². The molecule has 0 spiro atoms. The first-order valence-corrected chi connectivity index (χ1v) is 12.5. The zero-order chi connectivity index (χ0) is 24.6. The maximum atomic E-state index is 13.7. The number of rotatable bonds is 8. The van der Waals surface area contributed by atoms with Crippen molar-refractivity contribution in [3.63, 3.8) is 0 Å². The Morgan fingerprint density at radius 1 is 0.719 bits per heavy atom. The van der Waals surface area contributed by atoms with E-state index in [0.29, 0.717) is 19.3 Å². The Labute approximate surface area is 177 Å². The van der Waals surface area contributed by atoms with E-state index in [1.807, 2.05) is 0 Å². The van der Waals surface area contributed by atoms with Crippen LogP contribution in [0.5, 0.6) is 0 Å². The van der Waals surface area contributed by atoms with Gasteiger partial charge in [0.05, 0.1) is 0 Å². The first-order valence-electron chi connectivity index (χ1n) is 9.36. The molecule has 0 aromatic heterocycles. The fourth-order valence-electron chi connectivity index (χ4n) is 5.35. The molecule has 0 amide bonds. The van der Waals surface area contributed by atoms with Gasteiger partial charge >= 0.3 is 23.3 Å². The summed E-state index contributed by atoms with van der Waals surface area (Å²) < 4.78 is 164. The van der Waals surface area contributed by atoms with E-state index in [1.54, 1.807) is 0 Å². The molecule has 4 aliphatic carbocycles. The number of halogens is 9. The Hall–Kier alpha value is -0.810. The Morgan fingerprint density at radius 3 is 1.50 bits per heavy atom. The second-order valence-corrected chi connectivity index (χ2v) is 12.6. The van der Waals surface area contributed by atoms with E-state index in [-0.39, 0.29) is 21.9 Å². The SMILES string of the molecule is O=S(=O)(CNC12CC3CC(CC(C3)C1)C2)NS(=O)(=O)C(F)(F)C(F)(F)C(F)(F)C(F)(F)F. The van der Waals surface area contributed by atoms with E-state index in [1.165, 1.54) is 0 Å². The van der Waals surface area contributed by atoms with Crippen LogP contribution in [0.3, 0.4) is 0 Å². The maximum absolute atomic E-state index is 13.7. The lowest BCUT2D eigenvalue weighted by atomic mass is 9.53. The summed E-state index contributed by atoms with van der Waals surface area (Å²) in [4.78, 5) is 0. The summed E-state index contributed by atoms with van der Waals surface area (Å²) in [5.41, 5.74) is -0.747. The molecule has 2 N–H and O–H groups in total. The molecule has 32 heavy (non-hydrogen) atoms. The van der Waals surface area contributed by atoms with Gasteiger partial charge in [-0.1, -0.05) is 0 Å². The summed E-state index contributed by atoms with van der Waals surface area (Å²) in [6.45, 7) is 0. The fourth-order valence-corrected chi connectivity index (χ4v) is 8.31. The number of hydrogen-bond acceptors (Lipinski definition) is 5. The Balaban J connectivity index is 1.76. The minimum atomic E-state index is -7.51. The van der Waals surface area contributed by atoms with Gasteiger partial charge in [-0.25, -0.2) is 16.8 Å². The summed E-state index contributed by atoms with van der Waals surface area (Å²) in [5, 5.41) is -4.56. The molecule has 0 unspecified atom stereocenters. The molecule has 0 radical (unpaired) electrons. The first kappa shape index (κ1) is 25.8. The molecular formula is C15H19F9N2O4S2. The highest BCUT2D eigenvalue weighted by Gasteiger charge is 2.85. The number of alkyl halides is 9. The molecule has 188 valence electrons. The monoisotopic (exact) mass is 526 g/mol. The average molecular weight is 526 g/mol. The van der Waals surface area contributed by atoms with E-state index in [4.69, 9.17) is 0 Å². The van der Waals surface area contributed by atoms with Crippen LogP contribution >= 0.6 is 0 Å². The summed E-state index contributed by atoms with van der Waals surface area (Å²) in [6.07, 6.45) is -2.90. The second-order valence-electron chi connectivity index (χ2n) is 8.88. The normalized spacial score (nSPS) is 31.8. The van der Waals surface area contributed by atoms with Crippen molar-refractivity contribution in [2.24, 2.45) is 17.8 Å². The van der Waals surface area contributed by atoms with Gasteiger partial charge in [-0.2, -0.15) is 39.5 Å². The van der Waals surface area contributed by atoms with Crippen LogP contribution in [0.25, 0.3) is 0 Å². The third-order valence-corrected chi connectivity index (χ3v) is 9.71. The molecule has 0 atom stereocenters. The second kappa shape index (κ2) is 7.34. The molecule has 4 fully saturated rings.